The molecule has 0 saturated heterocycles. The van der Waals surface area contributed by atoms with Crippen molar-refractivity contribution in [3.05, 3.63) is 47.1 Å². The highest BCUT2D eigenvalue weighted by molar-refractivity contribution is 5.77. The van der Waals surface area contributed by atoms with Gasteiger partial charge in [-0.3, -0.25) is 4.79 Å². The quantitative estimate of drug-likeness (QED) is 0.758. The summed E-state index contributed by atoms with van der Waals surface area (Å²) in [5, 5.41) is 6.88. The third kappa shape index (κ3) is 3.26. The molecule has 0 radical (unpaired) electrons. The number of hydrogen-bond acceptors (Lipinski definition) is 4. The Bertz CT molecular complexity index is 782. The van der Waals surface area contributed by atoms with Crippen LogP contribution in [-0.4, -0.2) is 21.0 Å². The molecule has 1 atom stereocenters. The Labute approximate surface area is 134 Å². The van der Waals surface area contributed by atoms with Gasteiger partial charge in [0, 0.05) is 12.0 Å². The number of aryl methyl sites for hydroxylation is 2. The summed E-state index contributed by atoms with van der Waals surface area (Å²) in [6.07, 6.45) is 1.02. The minimum atomic E-state index is -0.167. The predicted molar refractivity (Wildman–Crippen MR) is 86.9 cm³/mol. The van der Waals surface area contributed by atoms with Crippen molar-refractivity contribution < 1.29 is 9.32 Å². The molecule has 6 heteroatoms. The van der Waals surface area contributed by atoms with Crippen LogP contribution >= 0.6 is 0 Å². The van der Waals surface area contributed by atoms with E-state index >= 15 is 0 Å². The number of benzene rings is 1. The normalized spacial score (nSPS) is 12.5. The first-order valence-corrected chi connectivity index (χ1v) is 7.70. The van der Waals surface area contributed by atoms with E-state index in [4.69, 9.17) is 4.52 Å². The zero-order valence-electron chi connectivity index (χ0n) is 13.5. The fraction of sp³-hybridized carbons (Fsp3) is 0.353. The first-order chi connectivity index (χ1) is 11.0. The number of imidazole rings is 1. The molecule has 2 heterocycles. The van der Waals surface area contributed by atoms with E-state index in [1.54, 1.807) is 0 Å². The van der Waals surface area contributed by atoms with E-state index in [1.807, 2.05) is 45.0 Å². The lowest BCUT2D eigenvalue weighted by Crippen LogP contribution is -2.27. The Hall–Kier alpha value is -2.63. The van der Waals surface area contributed by atoms with Crippen LogP contribution < -0.4 is 5.32 Å². The third-order valence-corrected chi connectivity index (χ3v) is 3.98. The Morgan fingerprint density at radius 1 is 1.35 bits per heavy atom. The second kappa shape index (κ2) is 6.24. The molecule has 0 bridgehead atoms. The number of rotatable bonds is 5. The molecule has 0 saturated carbocycles. The summed E-state index contributed by atoms with van der Waals surface area (Å²) in [5.74, 6) is 1.52. The zero-order valence-corrected chi connectivity index (χ0v) is 13.5. The molecule has 6 nitrogen and oxygen atoms in total. The molecule has 1 amide bonds. The average Bonchev–Trinajstić information content (AvgIpc) is 3.09. The average molecular weight is 312 g/mol. The Morgan fingerprint density at radius 3 is 2.83 bits per heavy atom. The highest BCUT2D eigenvalue weighted by Gasteiger charge is 2.15. The van der Waals surface area contributed by atoms with Gasteiger partial charge in [0.25, 0.3) is 0 Å². The number of carbonyl (C=O) groups excluding carboxylic acids is 1. The minimum Gasteiger partial charge on any atom is -0.361 e. The number of H-pyrrole nitrogens is 1. The smallest absolute Gasteiger partial charge is 0.220 e. The summed E-state index contributed by atoms with van der Waals surface area (Å²) < 4.78 is 5.11. The second-order valence-electron chi connectivity index (χ2n) is 5.73. The van der Waals surface area contributed by atoms with Crippen LogP contribution in [0.2, 0.25) is 0 Å². The molecule has 0 unspecified atom stereocenters. The molecule has 0 aliphatic heterocycles. The van der Waals surface area contributed by atoms with E-state index in [-0.39, 0.29) is 11.9 Å². The molecular weight excluding hydrogens is 292 g/mol. The number of hydrogen-bond donors (Lipinski definition) is 2. The number of nitrogens with one attached hydrogen (secondary N) is 2. The predicted octanol–water partition coefficient (Wildman–Crippen LogP) is 2.98. The molecule has 3 rings (SSSR count). The summed E-state index contributed by atoms with van der Waals surface area (Å²) in [5.41, 5.74) is 3.73. The number of carbonyl (C=O) groups is 1. The number of aromatic nitrogens is 3. The molecule has 2 aromatic heterocycles. The second-order valence-corrected chi connectivity index (χ2v) is 5.73. The molecule has 23 heavy (non-hydrogen) atoms. The third-order valence-electron chi connectivity index (χ3n) is 3.98. The summed E-state index contributed by atoms with van der Waals surface area (Å²) in [4.78, 5) is 19.9. The Morgan fingerprint density at radius 2 is 2.13 bits per heavy atom. The van der Waals surface area contributed by atoms with Crippen molar-refractivity contribution in [2.45, 2.75) is 39.7 Å². The SMILES string of the molecule is Cc1noc(C)c1CCC(=O)N[C@@H](C)c1nc2ccccc2[nH]1. The van der Waals surface area contributed by atoms with Gasteiger partial charge in [-0.1, -0.05) is 17.3 Å². The first-order valence-electron chi connectivity index (χ1n) is 7.70. The lowest BCUT2D eigenvalue weighted by Gasteiger charge is -2.11. The highest BCUT2D eigenvalue weighted by atomic mass is 16.5. The molecule has 2 N–H and O–H groups in total. The van der Waals surface area contributed by atoms with Crippen molar-refractivity contribution in [3.63, 3.8) is 0 Å². The number of aromatic amines is 1. The van der Waals surface area contributed by atoms with Gasteiger partial charge in [0.15, 0.2) is 0 Å². The maximum atomic E-state index is 12.2. The van der Waals surface area contributed by atoms with Gasteiger partial charge in [-0.25, -0.2) is 4.98 Å². The van der Waals surface area contributed by atoms with Crippen molar-refractivity contribution in [1.82, 2.24) is 20.4 Å². The topological polar surface area (TPSA) is 83.8 Å². The fourth-order valence-corrected chi connectivity index (χ4v) is 2.66. The van der Waals surface area contributed by atoms with Gasteiger partial charge in [0.2, 0.25) is 5.91 Å². The number of nitrogens with zero attached hydrogens (tertiary/aromatic N) is 2. The van der Waals surface area contributed by atoms with E-state index < -0.39 is 0 Å². The van der Waals surface area contributed by atoms with Crippen LogP contribution in [0.25, 0.3) is 11.0 Å². The van der Waals surface area contributed by atoms with E-state index in [0.29, 0.717) is 12.8 Å². The molecule has 0 aliphatic carbocycles. The van der Waals surface area contributed by atoms with Crippen LogP contribution in [0, 0.1) is 13.8 Å². The van der Waals surface area contributed by atoms with E-state index in [0.717, 1.165) is 33.9 Å². The maximum absolute atomic E-state index is 12.2. The first kappa shape index (κ1) is 15.3. The van der Waals surface area contributed by atoms with Crippen molar-refractivity contribution in [3.8, 4) is 0 Å². The molecule has 1 aromatic carbocycles. The lowest BCUT2D eigenvalue weighted by atomic mass is 10.1. The molecule has 0 aliphatic rings. The number of para-hydroxylation sites is 2. The van der Waals surface area contributed by atoms with E-state index in [9.17, 15) is 4.79 Å². The van der Waals surface area contributed by atoms with Crippen molar-refractivity contribution >= 4 is 16.9 Å². The van der Waals surface area contributed by atoms with Gasteiger partial charge in [-0.15, -0.1) is 0 Å². The number of amides is 1. The van der Waals surface area contributed by atoms with Crippen molar-refractivity contribution in [1.29, 1.82) is 0 Å². The van der Waals surface area contributed by atoms with Gasteiger partial charge in [0.05, 0.1) is 22.8 Å². The van der Waals surface area contributed by atoms with Crippen LogP contribution in [0.3, 0.4) is 0 Å². The zero-order chi connectivity index (χ0) is 16.4. The van der Waals surface area contributed by atoms with E-state index in [2.05, 4.69) is 20.4 Å². The van der Waals surface area contributed by atoms with Gasteiger partial charge in [-0.05, 0) is 39.3 Å². The summed E-state index contributed by atoms with van der Waals surface area (Å²) in [6, 6.07) is 7.65. The Balaban J connectivity index is 1.61. The number of fused-ring (bicyclic) bond motifs is 1. The molecular formula is C17H20N4O2. The van der Waals surface area contributed by atoms with Crippen LogP contribution in [0.5, 0.6) is 0 Å². The largest absolute Gasteiger partial charge is 0.361 e. The van der Waals surface area contributed by atoms with Crippen LogP contribution in [0.15, 0.2) is 28.8 Å². The van der Waals surface area contributed by atoms with Gasteiger partial charge in [0.1, 0.15) is 11.6 Å². The fourth-order valence-electron chi connectivity index (χ4n) is 2.66. The summed E-state index contributed by atoms with van der Waals surface area (Å²) >= 11 is 0. The standard InChI is InChI=1S/C17H20N4O2/c1-10-13(12(3)23-21-10)8-9-16(22)18-11(2)17-19-14-6-4-5-7-15(14)20-17/h4-7,11H,8-9H2,1-3H3,(H,18,22)(H,19,20)/t11-/m0/s1. The monoisotopic (exact) mass is 312 g/mol. The van der Waals surface area contributed by atoms with Gasteiger partial charge < -0.3 is 14.8 Å². The van der Waals surface area contributed by atoms with Gasteiger partial charge >= 0.3 is 0 Å². The highest BCUT2D eigenvalue weighted by Crippen LogP contribution is 2.17. The van der Waals surface area contributed by atoms with Crippen LogP contribution in [0.4, 0.5) is 0 Å². The van der Waals surface area contributed by atoms with Crippen LogP contribution in [0.1, 0.15) is 42.2 Å². The lowest BCUT2D eigenvalue weighted by molar-refractivity contribution is -0.121. The van der Waals surface area contributed by atoms with E-state index in [1.165, 1.54) is 0 Å². The Kier molecular flexibility index (Phi) is 4.14. The molecule has 120 valence electrons. The summed E-state index contributed by atoms with van der Waals surface area (Å²) in [7, 11) is 0. The molecule has 0 fully saturated rings. The summed E-state index contributed by atoms with van der Waals surface area (Å²) in [6.45, 7) is 5.68. The van der Waals surface area contributed by atoms with Crippen molar-refractivity contribution in [2.75, 3.05) is 0 Å². The molecule has 0 spiro atoms. The minimum absolute atomic E-state index is 0.0158. The van der Waals surface area contributed by atoms with Crippen molar-refractivity contribution in [2.24, 2.45) is 0 Å². The molecule has 3 aromatic rings. The van der Waals surface area contributed by atoms with Crippen LogP contribution in [-0.2, 0) is 11.2 Å². The van der Waals surface area contributed by atoms with Gasteiger partial charge in [-0.2, -0.15) is 0 Å². The maximum Gasteiger partial charge on any atom is 0.220 e.